The van der Waals surface area contributed by atoms with E-state index in [9.17, 15) is 29.4 Å². The second-order valence-corrected chi connectivity index (χ2v) is 6.63. The van der Waals surface area contributed by atoms with Crippen LogP contribution in [0.2, 0.25) is 0 Å². The second kappa shape index (κ2) is 10.2. The highest BCUT2D eigenvalue weighted by atomic mass is 16.4. The number of hydrogen-bond donors (Lipinski definition) is 3. The van der Waals surface area contributed by atoms with Crippen molar-refractivity contribution in [2.75, 3.05) is 5.32 Å². The van der Waals surface area contributed by atoms with Crippen molar-refractivity contribution in [1.29, 1.82) is 0 Å². The number of hydrogen-bond acceptors (Lipinski definition) is 6. The van der Waals surface area contributed by atoms with Crippen LogP contribution in [0.4, 0.5) is 5.69 Å². The molecule has 0 spiro atoms. The first-order valence-corrected chi connectivity index (χ1v) is 9.09. The molecule has 0 radical (unpaired) electrons. The fraction of sp³-hybridized carbons (Fsp3) is 0.300. The number of rotatable bonds is 10. The molecular formula is C20H22N3O6-. The summed E-state index contributed by atoms with van der Waals surface area (Å²) in [5.74, 6) is -3.91. The maximum atomic E-state index is 12.6. The lowest BCUT2D eigenvalue weighted by Crippen LogP contribution is -2.68. The second-order valence-electron chi connectivity index (χ2n) is 6.63. The van der Waals surface area contributed by atoms with Crippen LogP contribution in [0.1, 0.15) is 25.7 Å². The van der Waals surface area contributed by atoms with E-state index < -0.39 is 42.3 Å². The van der Waals surface area contributed by atoms with Crippen LogP contribution in [0.5, 0.6) is 0 Å². The molecule has 5 N–H and O–H groups in total. The molecule has 0 aliphatic rings. The number of quaternary nitrogens is 1. The Kier molecular flexibility index (Phi) is 7.67. The minimum Gasteiger partial charge on any atom is -0.550 e. The van der Waals surface area contributed by atoms with Gasteiger partial charge in [-0.05, 0) is 42.2 Å². The lowest BCUT2D eigenvalue weighted by Gasteiger charge is -2.20. The summed E-state index contributed by atoms with van der Waals surface area (Å²) < 4.78 is 0. The third-order valence-electron chi connectivity index (χ3n) is 4.35. The third kappa shape index (κ3) is 6.89. The average molecular weight is 400 g/mol. The summed E-state index contributed by atoms with van der Waals surface area (Å²) >= 11 is 0. The van der Waals surface area contributed by atoms with Crippen LogP contribution in [0, 0.1) is 0 Å². The fourth-order valence-corrected chi connectivity index (χ4v) is 2.74. The van der Waals surface area contributed by atoms with Gasteiger partial charge in [0, 0.05) is 24.0 Å². The van der Waals surface area contributed by atoms with E-state index in [1.165, 1.54) is 0 Å². The van der Waals surface area contributed by atoms with Gasteiger partial charge in [0.2, 0.25) is 5.91 Å². The summed E-state index contributed by atoms with van der Waals surface area (Å²) in [7, 11) is 0. The normalized spacial score (nSPS) is 12.7. The molecule has 2 aromatic carbocycles. The number of nitrogens with one attached hydrogen (secondary N) is 2. The Labute approximate surface area is 166 Å². The van der Waals surface area contributed by atoms with Crippen molar-refractivity contribution in [2.24, 2.45) is 0 Å². The Balaban J connectivity index is 2.08. The zero-order valence-electron chi connectivity index (χ0n) is 15.7. The number of carbonyl (C=O) groups is 4. The van der Waals surface area contributed by atoms with Gasteiger partial charge in [0.25, 0.3) is 5.91 Å². The summed E-state index contributed by atoms with van der Waals surface area (Å²) in [5.41, 5.74) is 4.06. The van der Waals surface area contributed by atoms with E-state index in [-0.39, 0.29) is 19.3 Å². The number of fused-ring (bicyclic) bond motifs is 1. The molecule has 2 amide bonds. The summed E-state index contributed by atoms with van der Waals surface area (Å²) in [6.07, 6.45) is -1.03. The van der Waals surface area contributed by atoms with Crippen molar-refractivity contribution in [3.8, 4) is 0 Å². The summed E-state index contributed by atoms with van der Waals surface area (Å²) in [6.45, 7) is 0. The monoisotopic (exact) mass is 400 g/mol. The molecule has 0 fully saturated rings. The molecule has 154 valence electrons. The molecule has 0 bridgehead atoms. The third-order valence-corrected chi connectivity index (χ3v) is 4.35. The molecule has 2 aromatic rings. The number of amides is 2. The zero-order chi connectivity index (χ0) is 21.4. The van der Waals surface area contributed by atoms with Crippen molar-refractivity contribution in [3.05, 3.63) is 42.5 Å². The molecule has 2 atom stereocenters. The van der Waals surface area contributed by atoms with Crippen LogP contribution >= 0.6 is 0 Å². The Morgan fingerprint density at radius 1 is 0.862 bits per heavy atom. The average Bonchev–Trinajstić information content (AvgIpc) is 2.68. The van der Waals surface area contributed by atoms with E-state index in [0.717, 1.165) is 10.8 Å². The number of anilines is 1. The summed E-state index contributed by atoms with van der Waals surface area (Å²) in [6, 6.07) is 10.8. The van der Waals surface area contributed by atoms with Crippen molar-refractivity contribution in [3.63, 3.8) is 0 Å². The van der Waals surface area contributed by atoms with E-state index in [0.29, 0.717) is 5.69 Å². The van der Waals surface area contributed by atoms with Crippen molar-refractivity contribution in [2.45, 2.75) is 37.8 Å². The number of carboxylic acids is 2. The number of carbonyl (C=O) groups excluding carboxylic acids is 4. The maximum absolute atomic E-state index is 12.6. The van der Waals surface area contributed by atoms with E-state index in [1.54, 1.807) is 12.1 Å². The van der Waals surface area contributed by atoms with Crippen molar-refractivity contribution in [1.82, 2.24) is 5.32 Å². The van der Waals surface area contributed by atoms with Crippen LogP contribution in [-0.2, 0) is 19.2 Å². The predicted molar refractivity (Wildman–Crippen MR) is 99.7 cm³/mol. The SMILES string of the molecule is [NH3+][C@@H](CCC(=O)[O-])C(=O)N[C@@H](CCC(=O)[O-])C(=O)Nc1ccc2ccccc2c1. The summed E-state index contributed by atoms with van der Waals surface area (Å²) in [4.78, 5) is 46.1. The quantitative estimate of drug-likeness (QED) is 0.414. The molecule has 0 saturated carbocycles. The van der Waals surface area contributed by atoms with Gasteiger partial charge in [-0.25, -0.2) is 0 Å². The van der Waals surface area contributed by atoms with Crippen LogP contribution in [0.15, 0.2) is 42.5 Å². The van der Waals surface area contributed by atoms with Crippen LogP contribution in [-0.4, -0.2) is 35.8 Å². The van der Waals surface area contributed by atoms with Gasteiger partial charge in [-0.2, -0.15) is 0 Å². The molecule has 0 saturated heterocycles. The van der Waals surface area contributed by atoms with E-state index in [1.807, 2.05) is 30.3 Å². The first-order valence-electron chi connectivity index (χ1n) is 9.09. The molecule has 2 rings (SSSR count). The zero-order valence-corrected chi connectivity index (χ0v) is 15.7. The molecule has 0 unspecified atom stereocenters. The van der Waals surface area contributed by atoms with Crippen LogP contribution < -0.4 is 26.6 Å². The molecule has 9 nitrogen and oxygen atoms in total. The highest BCUT2D eigenvalue weighted by Crippen LogP contribution is 2.19. The van der Waals surface area contributed by atoms with E-state index in [4.69, 9.17) is 0 Å². The Morgan fingerprint density at radius 2 is 1.48 bits per heavy atom. The van der Waals surface area contributed by atoms with Gasteiger partial charge < -0.3 is 36.2 Å². The standard InChI is InChI=1S/C20H23N3O6/c21-15(7-9-17(24)25)19(28)23-16(8-10-18(26)27)20(29)22-14-6-5-12-3-1-2-4-13(12)11-14/h1-6,11,15-16H,7-10,21H2,(H,22,29)(H,23,28)(H,24,25)(H,26,27)/p-1/t15-,16-/m0/s1. The molecule has 0 heterocycles. The number of aliphatic carboxylic acids is 2. The molecule has 29 heavy (non-hydrogen) atoms. The highest BCUT2D eigenvalue weighted by molar-refractivity contribution is 5.99. The van der Waals surface area contributed by atoms with Crippen LogP contribution in [0.3, 0.4) is 0 Å². The van der Waals surface area contributed by atoms with Crippen molar-refractivity contribution >= 4 is 40.2 Å². The Hall–Kier alpha value is -3.46. The summed E-state index contributed by atoms with van der Waals surface area (Å²) in [5, 5.41) is 28.3. The topological polar surface area (TPSA) is 166 Å². The fourth-order valence-electron chi connectivity index (χ4n) is 2.74. The molecule has 9 heteroatoms. The smallest absolute Gasteiger partial charge is 0.278 e. The van der Waals surface area contributed by atoms with Gasteiger partial charge >= 0.3 is 0 Å². The van der Waals surface area contributed by atoms with Gasteiger partial charge in [-0.1, -0.05) is 30.3 Å². The molecule has 0 aliphatic carbocycles. The van der Waals surface area contributed by atoms with E-state index >= 15 is 0 Å². The first kappa shape index (κ1) is 21.8. The first-order chi connectivity index (χ1) is 13.8. The minimum absolute atomic E-state index is 0.0618. The lowest BCUT2D eigenvalue weighted by atomic mass is 10.1. The Bertz CT molecular complexity index is 914. The highest BCUT2D eigenvalue weighted by Gasteiger charge is 2.25. The van der Waals surface area contributed by atoms with Crippen molar-refractivity contribution < 1.29 is 35.1 Å². The van der Waals surface area contributed by atoms with Gasteiger partial charge in [0.1, 0.15) is 6.04 Å². The number of carboxylic acid groups (broad SMARTS) is 2. The lowest BCUT2D eigenvalue weighted by molar-refractivity contribution is -0.406. The van der Waals surface area contributed by atoms with Gasteiger partial charge in [-0.15, -0.1) is 0 Å². The molecule has 0 aliphatic heterocycles. The minimum atomic E-state index is -1.36. The van der Waals surface area contributed by atoms with Crippen LogP contribution in [0.25, 0.3) is 10.8 Å². The molecule has 0 aromatic heterocycles. The largest absolute Gasteiger partial charge is 0.550 e. The van der Waals surface area contributed by atoms with E-state index in [2.05, 4.69) is 16.4 Å². The van der Waals surface area contributed by atoms with Gasteiger partial charge in [0.05, 0.1) is 0 Å². The Morgan fingerprint density at radius 3 is 2.14 bits per heavy atom. The number of benzene rings is 2. The van der Waals surface area contributed by atoms with Gasteiger partial charge in [-0.3, -0.25) is 9.59 Å². The predicted octanol–water partition coefficient (Wildman–Crippen LogP) is -2.07. The molecular weight excluding hydrogens is 378 g/mol. The maximum Gasteiger partial charge on any atom is 0.278 e. The van der Waals surface area contributed by atoms with Gasteiger partial charge in [0.15, 0.2) is 6.04 Å².